The standard InChI is InChI=1S/C92H63NO2/c1-89(2)72-50-51-80-82(67-40-22-26-44-78(67)94-80)81(72)70-55-74-69(54-75(70)89)64-48-46-61(52-73(64)90(74,3)4)93(77-43-25-21-38-63(77)56-28-10-5-11-29-56)62-47-49-66-76(53-62)92(59-34-16-8-17-35-59,60-36-18-9-19-37-60)86-83(66)84-68-41-23-27-45-79(68)95-88(84)85-65-39-20-24-42-71(65)91(87(85)86,57-30-12-6-13-31-57)58-32-14-7-15-33-58/h5-55H,1-4H3. The van der Waals surface area contributed by atoms with Crippen molar-refractivity contribution in [2.45, 2.75) is 49.4 Å². The maximum Gasteiger partial charge on any atom is 0.144 e. The molecule has 3 heteroatoms. The van der Waals surface area contributed by atoms with Crippen LogP contribution < -0.4 is 4.90 Å². The van der Waals surface area contributed by atoms with Crippen LogP contribution in [0.15, 0.2) is 318 Å². The summed E-state index contributed by atoms with van der Waals surface area (Å²) in [5, 5.41) is 4.61. The molecule has 16 aromatic rings. The fourth-order valence-electron chi connectivity index (χ4n) is 18.4. The molecule has 0 bridgehead atoms. The van der Waals surface area contributed by atoms with E-state index in [2.05, 4.69) is 342 Å². The third kappa shape index (κ3) is 7.04. The number of hydrogen-bond donors (Lipinski definition) is 0. The Labute approximate surface area is 552 Å². The maximum atomic E-state index is 7.51. The summed E-state index contributed by atoms with van der Waals surface area (Å²) in [6.07, 6.45) is 0. The zero-order valence-corrected chi connectivity index (χ0v) is 53.2. The minimum absolute atomic E-state index is 0.232. The summed E-state index contributed by atoms with van der Waals surface area (Å²) >= 11 is 0. The van der Waals surface area contributed by atoms with Gasteiger partial charge in [0.1, 0.15) is 22.3 Å². The van der Waals surface area contributed by atoms with Gasteiger partial charge in [-0.05, 0) is 172 Å². The molecule has 2 heterocycles. The predicted molar refractivity (Wildman–Crippen MR) is 391 cm³/mol. The molecule has 4 aliphatic carbocycles. The highest BCUT2D eigenvalue weighted by Gasteiger charge is 2.58. The third-order valence-corrected chi connectivity index (χ3v) is 22.4. The third-order valence-electron chi connectivity index (χ3n) is 22.4. The lowest BCUT2D eigenvalue weighted by Crippen LogP contribution is -2.35. The monoisotopic (exact) mass is 1210 g/mol. The van der Waals surface area contributed by atoms with Crippen LogP contribution >= 0.6 is 0 Å². The van der Waals surface area contributed by atoms with Gasteiger partial charge in [0.25, 0.3) is 0 Å². The lowest BCUT2D eigenvalue weighted by molar-refractivity contribution is 0.651. The van der Waals surface area contributed by atoms with Gasteiger partial charge >= 0.3 is 0 Å². The first-order valence-corrected chi connectivity index (χ1v) is 33.4. The van der Waals surface area contributed by atoms with E-state index in [9.17, 15) is 0 Å². The normalized spacial score (nSPS) is 15.1. The van der Waals surface area contributed by atoms with Crippen molar-refractivity contribution in [2.75, 3.05) is 4.90 Å². The van der Waals surface area contributed by atoms with Gasteiger partial charge < -0.3 is 13.7 Å². The zero-order chi connectivity index (χ0) is 63.1. The summed E-state index contributed by atoms with van der Waals surface area (Å²) in [5.74, 6) is 0. The number of nitrogens with zero attached hydrogens (tertiary/aromatic N) is 1. The predicted octanol–water partition coefficient (Wildman–Crippen LogP) is 24.0. The summed E-state index contributed by atoms with van der Waals surface area (Å²) in [6, 6.07) is 116. The van der Waals surface area contributed by atoms with E-state index in [4.69, 9.17) is 8.83 Å². The molecular weight excluding hydrogens is 1150 g/mol. The summed E-state index contributed by atoms with van der Waals surface area (Å²) in [7, 11) is 0. The minimum Gasteiger partial charge on any atom is -0.456 e. The van der Waals surface area contributed by atoms with Gasteiger partial charge in [0.15, 0.2) is 0 Å². The van der Waals surface area contributed by atoms with Crippen molar-refractivity contribution in [2.24, 2.45) is 0 Å². The molecule has 3 nitrogen and oxygen atoms in total. The highest BCUT2D eigenvalue weighted by molar-refractivity contribution is 6.22. The Morgan fingerprint density at radius 1 is 0.274 bits per heavy atom. The second kappa shape index (κ2) is 19.5. The maximum absolute atomic E-state index is 7.51. The number of rotatable bonds is 8. The zero-order valence-electron chi connectivity index (χ0n) is 53.2. The van der Waals surface area contributed by atoms with Crippen molar-refractivity contribution >= 4 is 60.9 Å². The van der Waals surface area contributed by atoms with Crippen molar-refractivity contribution < 1.29 is 8.83 Å². The smallest absolute Gasteiger partial charge is 0.144 e. The van der Waals surface area contributed by atoms with Gasteiger partial charge in [0.05, 0.1) is 16.5 Å². The van der Waals surface area contributed by atoms with Crippen LogP contribution in [0.5, 0.6) is 0 Å². The van der Waals surface area contributed by atoms with E-state index >= 15 is 0 Å². The SMILES string of the molecule is CC1(C)c2cc(N(c3ccc4c(c3)C(c3ccccc3)(c3ccccc3)c3c5c(c6oc7ccccc7c6c3-4)-c3ccccc3C5(c3ccccc3)c3ccccc3)c3ccccc3-c3ccccc3)ccc2-c2cc3c(cc21)-c1c(ccc2oc4ccccc4c12)C3(C)C. The number of hydrogen-bond acceptors (Lipinski definition) is 3. The van der Waals surface area contributed by atoms with Crippen LogP contribution in [0.1, 0.15) is 94.5 Å². The van der Waals surface area contributed by atoms with Crippen molar-refractivity contribution in [3.8, 4) is 55.6 Å². The molecule has 0 fully saturated rings. The first-order valence-electron chi connectivity index (χ1n) is 33.4. The molecular formula is C92H63NO2. The van der Waals surface area contributed by atoms with Crippen molar-refractivity contribution in [3.05, 3.63) is 376 Å². The average molecular weight is 1210 g/mol. The van der Waals surface area contributed by atoms with E-state index in [1.54, 1.807) is 0 Å². The molecule has 0 spiro atoms. The molecule has 0 saturated carbocycles. The van der Waals surface area contributed by atoms with Crippen LogP contribution in [0.25, 0.3) is 99.5 Å². The molecule has 20 rings (SSSR count). The highest BCUT2D eigenvalue weighted by atomic mass is 16.3. The van der Waals surface area contributed by atoms with E-state index in [1.807, 2.05) is 0 Å². The van der Waals surface area contributed by atoms with Crippen LogP contribution in [0.2, 0.25) is 0 Å². The van der Waals surface area contributed by atoms with Crippen LogP contribution in [0, 0.1) is 0 Å². The van der Waals surface area contributed by atoms with E-state index < -0.39 is 10.8 Å². The molecule has 4 aliphatic rings. The molecule has 0 N–H and O–H groups in total. The van der Waals surface area contributed by atoms with E-state index in [0.29, 0.717) is 0 Å². The molecule has 0 radical (unpaired) electrons. The quantitative estimate of drug-likeness (QED) is 0.152. The minimum atomic E-state index is -0.899. The Morgan fingerprint density at radius 3 is 1.37 bits per heavy atom. The van der Waals surface area contributed by atoms with E-state index in [1.165, 1.54) is 111 Å². The lowest BCUT2D eigenvalue weighted by atomic mass is 9.60. The molecule has 0 aliphatic heterocycles. The van der Waals surface area contributed by atoms with Crippen LogP contribution in [-0.2, 0) is 21.7 Å². The fourth-order valence-corrected chi connectivity index (χ4v) is 18.4. The molecule has 0 atom stereocenters. The van der Waals surface area contributed by atoms with Crippen molar-refractivity contribution in [3.63, 3.8) is 0 Å². The summed E-state index contributed by atoms with van der Waals surface area (Å²) in [5.41, 5.74) is 31.9. The summed E-state index contributed by atoms with van der Waals surface area (Å²) in [6.45, 7) is 9.68. The summed E-state index contributed by atoms with van der Waals surface area (Å²) in [4.78, 5) is 2.56. The van der Waals surface area contributed by atoms with Crippen molar-refractivity contribution in [1.82, 2.24) is 0 Å². The van der Waals surface area contributed by atoms with Gasteiger partial charge in [-0.15, -0.1) is 0 Å². The van der Waals surface area contributed by atoms with Crippen LogP contribution in [0.4, 0.5) is 17.1 Å². The Bertz CT molecular complexity index is 5810. The number of benzene rings is 14. The Hall–Kier alpha value is -11.5. The van der Waals surface area contributed by atoms with E-state index in [-0.39, 0.29) is 10.8 Å². The average Bonchev–Trinajstić information content (AvgIpc) is 1.49. The van der Waals surface area contributed by atoms with Gasteiger partial charge in [0.2, 0.25) is 0 Å². The van der Waals surface area contributed by atoms with Crippen molar-refractivity contribution in [1.29, 1.82) is 0 Å². The second-order valence-electron chi connectivity index (χ2n) is 27.6. The van der Waals surface area contributed by atoms with Gasteiger partial charge in [0, 0.05) is 54.9 Å². The molecule has 0 saturated heterocycles. The number of fused-ring (bicyclic) bond motifs is 22. The van der Waals surface area contributed by atoms with Gasteiger partial charge in [-0.3, -0.25) is 0 Å². The van der Waals surface area contributed by atoms with E-state index in [0.717, 1.165) is 72.2 Å². The van der Waals surface area contributed by atoms with Crippen LogP contribution in [0.3, 0.4) is 0 Å². The van der Waals surface area contributed by atoms with Gasteiger partial charge in [-0.2, -0.15) is 0 Å². The topological polar surface area (TPSA) is 29.5 Å². The largest absolute Gasteiger partial charge is 0.456 e. The Morgan fingerprint density at radius 2 is 0.726 bits per heavy atom. The highest BCUT2D eigenvalue weighted by Crippen LogP contribution is 2.69. The number of anilines is 3. The molecule has 14 aromatic carbocycles. The first-order chi connectivity index (χ1) is 46.7. The molecule has 95 heavy (non-hydrogen) atoms. The Kier molecular flexibility index (Phi) is 11.1. The number of para-hydroxylation sites is 3. The van der Waals surface area contributed by atoms with Gasteiger partial charge in [-0.1, -0.05) is 276 Å². The number of furan rings is 2. The lowest BCUT2D eigenvalue weighted by Gasteiger charge is -2.41. The molecule has 0 amide bonds. The van der Waals surface area contributed by atoms with Gasteiger partial charge in [-0.25, -0.2) is 0 Å². The fraction of sp³-hybridized carbons (Fsp3) is 0.0870. The Balaban J connectivity index is 0.881. The molecule has 2 aromatic heterocycles. The van der Waals surface area contributed by atoms with Crippen LogP contribution in [-0.4, -0.2) is 0 Å². The first kappa shape index (κ1) is 54.1. The second-order valence-corrected chi connectivity index (χ2v) is 27.6. The molecule has 0 unspecified atom stereocenters. The summed E-state index contributed by atoms with van der Waals surface area (Å²) < 4.78 is 14.1. The molecule has 448 valence electrons.